The first-order chi connectivity index (χ1) is 13.2. The second kappa shape index (κ2) is 8.56. The van der Waals surface area contributed by atoms with Crippen molar-refractivity contribution in [1.29, 1.82) is 0 Å². The predicted octanol–water partition coefficient (Wildman–Crippen LogP) is 3.79. The Morgan fingerprint density at radius 1 is 0.724 bits per heavy atom. The summed E-state index contributed by atoms with van der Waals surface area (Å²) in [7, 11) is 0. The second-order valence-electron chi connectivity index (χ2n) is 11.1. The van der Waals surface area contributed by atoms with Crippen molar-refractivity contribution in [2.75, 3.05) is 26.3 Å². The first-order valence-corrected chi connectivity index (χ1v) is 10.4. The Hall–Kier alpha value is -1.73. The summed E-state index contributed by atoms with van der Waals surface area (Å²) in [6.45, 7) is 23.9. The van der Waals surface area contributed by atoms with Gasteiger partial charge in [-0.1, -0.05) is 0 Å². The zero-order chi connectivity index (χ0) is 21.9. The van der Waals surface area contributed by atoms with E-state index in [-0.39, 0.29) is 11.1 Å². The van der Waals surface area contributed by atoms with Crippen molar-refractivity contribution in [2.45, 2.75) is 78.9 Å². The zero-order valence-electron chi connectivity index (χ0n) is 19.8. The molecule has 4 heterocycles. The Morgan fingerprint density at radius 3 is 1.52 bits per heavy atom. The minimum Gasteiger partial charge on any atom is -0.380 e. The number of hydrogen-bond donors (Lipinski definition) is 0. The summed E-state index contributed by atoms with van der Waals surface area (Å²) in [5.41, 5.74) is 1.08. The first kappa shape index (κ1) is 23.5. The highest BCUT2D eigenvalue weighted by Gasteiger charge is 2.51. The summed E-state index contributed by atoms with van der Waals surface area (Å²) in [6.07, 6.45) is 7.14. The molecule has 2 aliphatic heterocycles. The third kappa shape index (κ3) is 6.64. The van der Waals surface area contributed by atoms with Crippen LogP contribution in [0.25, 0.3) is 0 Å². The van der Waals surface area contributed by atoms with Crippen molar-refractivity contribution in [3.63, 3.8) is 0 Å². The van der Waals surface area contributed by atoms with E-state index in [2.05, 4.69) is 82.5 Å². The van der Waals surface area contributed by atoms with E-state index in [1.165, 1.54) is 13.1 Å². The molecule has 164 valence electrons. The number of aromatic nitrogens is 5. The van der Waals surface area contributed by atoms with Gasteiger partial charge in [0, 0.05) is 36.4 Å². The lowest BCUT2D eigenvalue weighted by Gasteiger charge is -2.59. The molecule has 0 bridgehead atoms. The number of ether oxygens (including phenoxy) is 1. The number of hydrogen-bond acceptors (Lipinski definition) is 5. The van der Waals surface area contributed by atoms with Crippen LogP contribution in [0.5, 0.6) is 0 Å². The molecule has 4 rings (SSSR count). The van der Waals surface area contributed by atoms with E-state index < -0.39 is 0 Å². The highest BCUT2D eigenvalue weighted by atomic mass is 16.5. The van der Waals surface area contributed by atoms with Gasteiger partial charge in [0.05, 0.1) is 36.7 Å². The van der Waals surface area contributed by atoms with Gasteiger partial charge in [-0.15, -0.1) is 0 Å². The van der Waals surface area contributed by atoms with Crippen molar-refractivity contribution in [3.8, 4) is 0 Å². The van der Waals surface area contributed by atoms with Crippen LogP contribution < -0.4 is 0 Å². The van der Waals surface area contributed by atoms with Crippen LogP contribution >= 0.6 is 0 Å². The average Bonchev–Trinajstić information content (AvgIpc) is 3.17. The zero-order valence-corrected chi connectivity index (χ0v) is 19.8. The molecule has 0 atom stereocenters. The SMILES string of the molecule is CC(C)(C)N1CC2(COC2)C1.CC(C)(C)n1cccn1.CC(C)(C)n1nccn1. The molecule has 0 saturated carbocycles. The average molecular weight is 405 g/mol. The molecule has 0 unspecified atom stereocenters. The lowest BCUT2D eigenvalue weighted by molar-refractivity contribution is -0.207. The van der Waals surface area contributed by atoms with Gasteiger partial charge in [-0.25, -0.2) is 0 Å². The summed E-state index contributed by atoms with van der Waals surface area (Å²) in [5, 5.41) is 12.1. The van der Waals surface area contributed by atoms with Crippen LogP contribution in [0.3, 0.4) is 0 Å². The fourth-order valence-corrected chi connectivity index (χ4v) is 3.04. The van der Waals surface area contributed by atoms with Gasteiger partial charge in [0.2, 0.25) is 0 Å². The number of nitrogens with zero attached hydrogens (tertiary/aromatic N) is 6. The molecular formula is C22H40N6O. The maximum absolute atomic E-state index is 5.21. The molecule has 7 nitrogen and oxygen atoms in total. The predicted molar refractivity (Wildman–Crippen MR) is 117 cm³/mol. The molecular weight excluding hydrogens is 364 g/mol. The Kier molecular flexibility index (Phi) is 6.95. The molecule has 7 heteroatoms. The van der Waals surface area contributed by atoms with Gasteiger partial charge in [0.1, 0.15) is 0 Å². The summed E-state index contributed by atoms with van der Waals surface area (Å²) < 4.78 is 7.15. The second-order valence-corrected chi connectivity index (χ2v) is 11.1. The highest BCUT2D eigenvalue weighted by molar-refractivity contribution is 5.02. The van der Waals surface area contributed by atoms with Crippen molar-refractivity contribution in [2.24, 2.45) is 5.41 Å². The molecule has 0 aromatic carbocycles. The van der Waals surface area contributed by atoms with E-state index in [4.69, 9.17) is 4.74 Å². The summed E-state index contributed by atoms with van der Waals surface area (Å²) in [6, 6.07) is 1.94. The molecule has 29 heavy (non-hydrogen) atoms. The van der Waals surface area contributed by atoms with E-state index in [9.17, 15) is 0 Å². The Labute approximate surface area is 176 Å². The van der Waals surface area contributed by atoms with Gasteiger partial charge in [-0.2, -0.15) is 20.1 Å². The van der Waals surface area contributed by atoms with Crippen LogP contribution in [0.2, 0.25) is 0 Å². The fraction of sp³-hybridized carbons (Fsp3) is 0.773. The van der Waals surface area contributed by atoms with Crippen molar-refractivity contribution >= 4 is 0 Å². The van der Waals surface area contributed by atoms with Crippen LogP contribution in [0, 0.1) is 5.41 Å². The minimum atomic E-state index is 0.0174. The molecule has 2 aromatic heterocycles. The van der Waals surface area contributed by atoms with Crippen LogP contribution in [-0.4, -0.2) is 61.5 Å². The van der Waals surface area contributed by atoms with E-state index in [0.29, 0.717) is 11.0 Å². The lowest BCUT2D eigenvalue weighted by Crippen LogP contribution is -2.69. The van der Waals surface area contributed by atoms with Crippen LogP contribution in [0.1, 0.15) is 62.3 Å². The van der Waals surface area contributed by atoms with Gasteiger partial charge in [-0.05, 0) is 68.4 Å². The third-order valence-corrected chi connectivity index (χ3v) is 5.03. The summed E-state index contributed by atoms with van der Waals surface area (Å²) in [4.78, 5) is 4.21. The lowest BCUT2D eigenvalue weighted by atomic mass is 9.75. The smallest absolute Gasteiger partial charge is 0.0740 e. The van der Waals surface area contributed by atoms with Crippen molar-refractivity contribution in [1.82, 2.24) is 29.7 Å². The van der Waals surface area contributed by atoms with Gasteiger partial charge < -0.3 is 4.74 Å². The normalized spacial score (nSPS) is 18.7. The minimum absolute atomic E-state index is 0.0174. The number of likely N-dealkylation sites (tertiary alicyclic amines) is 1. The molecule has 2 aromatic rings. The highest BCUT2D eigenvalue weighted by Crippen LogP contribution is 2.40. The Bertz CT molecular complexity index is 661. The third-order valence-electron chi connectivity index (χ3n) is 5.03. The molecule has 2 saturated heterocycles. The van der Waals surface area contributed by atoms with Crippen LogP contribution in [-0.2, 0) is 15.8 Å². The van der Waals surface area contributed by atoms with Crippen molar-refractivity contribution in [3.05, 3.63) is 30.9 Å². The quantitative estimate of drug-likeness (QED) is 0.668. The van der Waals surface area contributed by atoms with E-state index >= 15 is 0 Å². The van der Waals surface area contributed by atoms with Gasteiger partial charge >= 0.3 is 0 Å². The van der Waals surface area contributed by atoms with Crippen molar-refractivity contribution < 1.29 is 4.74 Å². The van der Waals surface area contributed by atoms with Crippen LogP contribution in [0.4, 0.5) is 0 Å². The maximum Gasteiger partial charge on any atom is 0.0740 e. The van der Waals surface area contributed by atoms with E-state index in [1.807, 2.05) is 16.9 Å². The molecule has 2 aliphatic rings. The van der Waals surface area contributed by atoms with Gasteiger partial charge in [0.15, 0.2) is 0 Å². The molecule has 0 N–H and O–H groups in total. The van der Waals surface area contributed by atoms with Gasteiger partial charge in [0.25, 0.3) is 0 Å². The maximum atomic E-state index is 5.21. The molecule has 2 fully saturated rings. The topological polar surface area (TPSA) is 61.0 Å². The monoisotopic (exact) mass is 404 g/mol. The summed E-state index contributed by atoms with van der Waals surface area (Å²) in [5.74, 6) is 0. The first-order valence-electron chi connectivity index (χ1n) is 10.4. The van der Waals surface area contributed by atoms with Crippen LogP contribution in [0.15, 0.2) is 30.9 Å². The van der Waals surface area contributed by atoms with Gasteiger partial charge in [-0.3, -0.25) is 9.58 Å². The standard InChI is InChI=1S/C9H17NO.C7H12N2.C6H11N3/c1-8(2,3)10-4-9(5-10)6-11-7-9;1-7(2,3)9-6-4-5-8-9;1-6(2,3)9-7-4-5-8-9/h4-7H2,1-3H3;4-6H,1-3H3;4-5H,1-3H3. The largest absolute Gasteiger partial charge is 0.380 e. The van der Waals surface area contributed by atoms with E-state index in [0.717, 1.165) is 13.2 Å². The Balaban J connectivity index is 0.000000157. The number of rotatable bonds is 0. The molecule has 0 aliphatic carbocycles. The summed E-state index contributed by atoms with van der Waals surface area (Å²) >= 11 is 0. The molecule has 0 radical (unpaired) electrons. The molecule has 1 spiro atoms. The van der Waals surface area contributed by atoms with E-state index in [1.54, 1.807) is 23.4 Å². The fourth-order valence-electron chi connectivity index (χ4n) is 3.04. The molecule has 0 amide bonds. The Morgan fingerprint density at radius 2 is 1.28 bits per heavy atom.